The van der Waals surface area contributed by atoms with Gasteiger partial charge in [0.25, 0.3) is 5.91 Å². The second kappa shape index (κ2) is 6.83. The second-order valence-electron chi connectivity index (χ2n) is 7.44. The van der Waals surface area contributed by atoms with Crippen LogP contribution in [0.25, 0.3) is 11.0 Å². The molecule has 0 aliphatic rings. The van der Waals surface area contributed by atoms with Crippen LogP contribution in [0.3, 0.4) is 0 Å². The van der Waals surface area contributed by atoms with E-state index in [4.69, 9.17) is 0 Å². The second-order valence-corrected chi connectivity index (χ2v) is 7.44. The Morgan fingerprint density at radius 1 is 1.08 bits per heavy atom. The van der Waals surface area contributed by atoms with Gasteiger partial charge in [0.1, 0.15) is 11.3 Å². The number of fused-ring (bicyclic) bond motifs is 1. The highest BCUT2D eigenvalue weighted by atomic mass is 19.1. The molecule has 134 valence electrons. The van der Waals surface area contributed by atoms with Gasteiger partial charge in [0.15, 0.2) is 0 Å². The maximum absolute atomic E-state index is 13.8. The number of benzene rings is 2. The van der Waals surface area contributed by atoms with Crippen molar-refractivity contribution in [2.24, 2.45) is 0 Å². The Hall–Kier alpha value is -2.82. The number of hydrogen-bond acceptors (Lipinski definition) is 3. The fraction of sp³-hybridized carbons (Fsp3) is 0.286. The smallest absolute Gasteiger partial charge is 0.254 e. The van der Waals surface area contributed by atoms with E-state index in [9.17, 15) is 9.18 Å². The topological polar surface area (TPSA) is 54.9 Å². The number of aromatic nitrogens is 2. The van der Waals surface area contributed by atoms with Crippen LogP contribution in [0, 0.1) is 5.82 Å². The standard InChI is InChI=1S/C21H22FN3O/c1-13(14-5-7-15(8-6-14)21(2,3)4)25-20(26)17-11-16(22)12-18-19(17)24-10-9-23-18/h5-13H,1-4H3,(H,25,26). The van der Waals surface area contributed by atoms with E-state index >= 15 is 0 Å². The van der Waals surface area contributed by atoms with Gasteiger partial charge in [-0.25, -0.2) is 4.39 Å². The van der Waals surface area contributed by atoms with Gasteiger partial charge in [-0.05, 0) is 29.5 Å². The molecule has 0 bridgehead atoms. The summed E-state index contributed by atoms with van der Waals surface area (Å²) in [4.78, 5) is 20.9. The van der Waals surface area contributed by atoms with Crippen molar-refractivity contribution in [2.45, 2.75) is 39.2 Å². The first-order valence-electron chi connectivity index (χ1n) is 8.57. The molecule has 0 fully saturated rings. The third kappa shape index (κ3) is 3.72. The number of carbonyl (C=O) groups excluding carboxylic acids is 1. The highest BCUT2D eigenvalue weighted by Crippen LogP contribution is 2.24. The van der Waals surface area contributed by atoms with E-state index in [-0.39, 0.29) is 22.9 Å². The van der Waals surface area contributed by atoms with Gasteiger partial charge >= 0.3 is 0 Å². The number of halogens is 1. The molecule has 0 aliphatic carbocycles. The van der Waals surface area contributed by atoms with Crippen LogP contribution in [0.1, 0.15) is 55.2 Å². The summed E-state index contributed by atoms with van der Waals surface area (Å²) in [7, 11) is 0. The summed E-state index contributed by atoms with van der Waals surface area (Å²) < 4.78 is 13.8. The minimum Gasteiger partial charge on any atom is -0.345 e. The molecule has 2 aromatic carbocycles. The molecule has 0 saturated heterocycles. The zero-order valence-corrected chi connectivity index (χ0v) is 15.4. The Bertz CT molecular complexity index is 946. The average Bonchev–Trinajstić information content (AvgIpc) is 2.60. The first-order chi connectivity index (χ1) is 12.3. The van der Waals surface area contributed by atoms with Gasteiger partial charge in [-0.1, -0.05) is 45.0 Å². The Morgan fingerprint density at radius 2 is 1.73 bits per heavy atom. The molecule has 1 unspecified atom stereocenters. The predicted octanol–water partition coefficient (Wildman–Crippen LogP) is 4.56. The van der Waals surface area contributed by atoms with Crippen molar-refractivity contribution in [2.75, 3.05) is 0 Å². The van der Waals surface area contributed by atoms with Crippen molar-refractivity contribution in [1.82, 2.24) is 15.3 Å². The molecule has 1 heterocycles. The molecular weight excluding hydrogens is 329 g/mol. The predicted molar refractivity (Wildman–Crippen MR) is 101 cm³/mol. The van der Waals surface area contributed by atoms with Crippen molar-refractivity contribution in [1.29, 1.82) is 0 Å². The zero-order valence-electron chi connectivity index (χ0n) is 15.4. The van der Waals surface area contributed by atoms with Crippen LogP contribution in [-0.4, -0.2) is 15.9 Å². The van der Waals surface area contributed by atoms with Crippen molar-refractivity contribution in [3.05, 3.63) is 71.3 Å². The van der Waals surface area contributed by atoms with Gasteiger partial charge in [-0.2, -0.15) is 0 Å². The molecule has 0 saturated carbocycles. The SMILES string of the molecule is CC(NC(=O)c1cc(F)cc2nccnc12)c1ccc(C(C)(C)C)cc1. The lowest BCUT2D eigenvalue weighted by molar-refractivity contribution is 0.0941. The van der Waals surface area contributed by atoms with E-state index in [1.165, 1.54) is 30.1 Å². The van der Waals surface area contributed by atoms with E-state index in [1.807, 2.05) is 19.1 Å². The highest BCUT2D eigenvalue weighted by molar-refractivity contribution is 6.04. The van der Waals surface area contributed by atoms with Gasteiger partial charge in [0, 0.05) is 18.5 Å². The van der Waals surface area contributed by atoms with Crippen LogP contribution < -0.4 is 5.32 Å². The molecule has 4 nitrogen and oxygen atoms in total. The van der Waals surface area contributed by atoms with Crippen molar-refractivity contribution in [3.63, 3.8) is 0 Å². The van der Waals surface area contributed by atoms with Crippen molar-refractivity contribution < 1.29 is 9.18 Å². The first kappa shape index (κ1) is 18.0. The van der Waals surface area contributed by atoms with Crippen molar-refractivity contribution in [3.8, 4) is 0 Å². The summed E-state index contributed by atoms with van der Waals surface area (Å²) in [6.45, 7) is 8.37. The van der Waals surface area contributed by atoms with Crippen LogP contribution >= 0.6 is 0 Å². The fourth-order valence-corrected chi connectivity index (χ4v) is 2.84. The van der Waals surface area contributed by atoms with Crippen molar-refractivity contribution >= 4 is 16.9 Å². The van der Waals surface area contributed by atoms with Gasteiger partial charge in [-0.3, -0.25) is 14.8 Å². The van der Waals surface area contributed by atoms with Gasteiger partial charge in [0.05, 0.1) is 17.1 Å². The Kier molecular flexibility index (Phi) is 4.72. The van der Waals surface area contributed by atoms with Crippen LogP contribution in [0.4, 0.5) is 4.39 Å². The lowest BCUT2D eigenvalue weighted by Crippen LogP contribution is -2.27. The summed E-state index contributed by atoms with van der Waals surface area (Å²) in [5, 5.41) is 2.92. The number of nitrogens with zero attached hydrogens (tertiary/aromatic N) is 2. The average molecular weight is 351 g/mol. The Labute approximate surface area is 152 Å². The number of carbonyl (C=O) groups is 1. The number of amides is 1. The van der Waals surface area contributed by atoms with Crippen LogP contribution in [0.2, 0.25) is 0 Å². The molecule has 5 heteroatoms. The molecule has 0 spiro atoms. The summed E-state index contributed by atoms with van der Waals surface area (Å²) in [5.41, 5.74) is 3.22. The van der Waals surface area contributed by atoms with Crippen LogP contribution in [0.5, 0.6) is 0 Å². The summed E-state index contributed by atoms with van der Waals surface area (Å²) in [5.74, 6) is -0.882. The van der Waals surface area contributed by atoms with E-state index in [0.29, 0.717) is 11.0 Å². The van der Waals surface area contributed by atoms with E-state index in [2.05, 4.69) is 48.2 Å². The Balaban J connectivity index is 1.84. The minimum absolute atomic E-state index is 0.0736. The summed E-state index contributed by atoms with van der Waals surface area (Å²) >= 11 is 0. The third-order valence-corrected chi connectivity index (χ3v) is 4.41. The molecular formula is C21H22FN3O. The van der Waals surface area contributed by atoms with E-state index in [1.54, 1.807) is 0 Å². The molecule has 0 aliphatic heterocycles. The molecule has 0 radical (unpaired) electrons. The molecule has 26 heavy (non-hydrogen) atoms. The molecule has 1 aromatic heterocycles. The molecule has 3 rings (SSSR count). The molecule has 1 N–H and O–H groups in total. The summed E-state index contributed by atoms with van der Waals surface area (Å²) in [6, 6.07) is 10.4. The summed E-state index contributed by atoms with van der Waals surface area (Å²) in [6.07, 6.45) is 2.97. The highest BCUT2D eigenvalue weighted by Gasteiger charge is 2.18. The lowest BCUT2D eigenvalue weighted by atomic mass is 9.86. The van der Waals surface area contributed by atoms with Gasteiger partial charge < -0.3 is 5.32 Å². The maximum atomic E-state index is 13.8. The number of rotatable bonds is 3. The third-order valence-electron chi connectivity index (χ3n) is 4.41. The first-order valence-corrected chi connectivity index (χ1v) is 8.57. The number of nitrogens with one attached hydrogen (secondary N) is 1. The Morgan fingerprint density at radius 3 is 2.38 bits per heavy atom. The quantitative estimate of drug-likeness (QED) is 0.753. The molecule has 1 atom stereocenters. The zero-order chi connectivity index (χ0) is 18.9. The number of hydrogen-bond donors (Lipinski definition) is 1. The van der Waals surface area contributed by atoms with Crippen LogP contribution in [0.15, 0.2) is 48.8 Å². The van der Waals surface area contributed by atoms with Gasteiger partial charge in [0.2, 0.25) is 0 Å². The lowest BCUT2D eigenvalue weighted by Gasteiger charge is -2.21. The van der Waals surface area contributed by atoms with E-state index in [0.717, 1.165) is 5.56 Å². The minimum atomic E-state index is -0.509. The maximum Gasteiger partial charge on any atom is 0.254 e. The fourth-order valence-electron chi connectivity index (χ4n) is 2.84. The monoisotopic (exact) mass is 351 g/mol. The largest absolute Gasteiger partial charge is 0.345 e. The normalized spacial score (nSPS) is 12.8. The molecule has 1 amide bonds. The van der Waals surface area contributed by atoms with Crippen LogP contribution in [-0.2, 0) is 5.41 Å². The van der Waals surface area contributed by atoms with Gasteiger partial charge in [-0.15, -0.1) is 0 Å². The van der Waals surface area contributed by atoms with E-state index < -0.39 is 5.82 Å². The molecule has 3 aromatic rings.